The van der Waals surface area contributed by atoms with Gasteiger partial charge in [-0.05, 0) is 25.3 Å². The number of hydrogen-bond donors (Lipinski definition) is 0. The summed E-state index contributed by atoms with van der Waals surface area (Å²) in [6, 6.07) is 9.67. The molecule has 0 bridgehead atoms. The zero-order valence-corrected chi connectivity index (χ0v) is 9.44. The molecule has 0 spiro atoms. The maximum Gasteiger partial charge on any atom is 0.338 e. The largest absolute Gasteiger partial charge is 0.459 e. The van der Waals surface area contributed by atoms with E-state index in [1.165, 1.54) is 0 Å². The molecular weight excluding hydrogens is 204 g/mol. The molecule has 1 aromatic rings. The van der Waals surface area contributed by atoms with Crippen LogP contribution in [0.3, 0.4) is 0 Å². The van der Waals surface area contributed by atoms with E-state index in [0.717, 1.165) is 18.4 Å². The van der Waals surface area contributed by atoms with E-state index >= 15 is 0 Å². The molecule has 2 rings (SSSR count). The standard InChI is InChI=1S/C13H16O3/c1-2-16-13(8-9-13)12(14)15-10-11-6-4-3-5-7-11/h3-7H,2,8-10H2,1H3. The lowest BCUT2D eigenvalue weighted by Gasteiger charge is -2.14. The fourth-order valence-corrected chi connectivity index (χ4v) is 1.65. The molecule has 3 heteroatoms. The number of benzene rings is 1. The predicted octanol–water partition coefficient (Wildman–Crippen LogP) is 2.30. The number of rotatable bonds is 5. The second kappa shape index (κ2) is 4.66. The zero-order valence-electron chi connectivity index (χ0n) is 9.44. The van der Waals surface area contributed by atoms with E-state index in [2.05, 4.69) is 0 Å². The average Bonchev–Trinajstić information content (AvgIpc) is 3.09. The van der Waals surface area contributed by atoms with Gasteiger partial charge in [0.05, 0.1) is 0 Å². The van der Waals surface area contributed by atoms with Crippen molar-refractivity contribution in [1.29, 1.82) is 0 Å². The summed E-state index contributed by atoms with van der Waals surface area (Å²) in [6.07, 6.45) is 1.57. The van der Waals surface area contributed by atoms with Gasteiger partial charge in [-0.3, -0.25) is 0 Å². The molecule has 0 heterocycles. The van der Waals surface area contributed by atoms with Gasteiger partial charge in [0.25, 0.3) is 0 Å². The van der Waals surface area contributed by atoms with Crippen LogP contribution < -0.4 is 0 Å². The first kappa shape index (κ1) is 11.1. The van der Waals surface area contributed by atoms with Crippen molar-refractivity contribution >= 4 is 5.97 Å². The Balaban J connectivity index is 1.85. The van der Waals surface area contributed by atoms with Crippen LogP contribution in [0.15, 0.2) is 30.3 Å². The van der Waals surface area contributed by atoms with E-state index in [9.17, 15) is 4.79 Å². The number of esters is 1. The summed E-state index contributed by atoms with van der Waals surface area (Å²) in [4.78, 5) is 11.7. The lowest BCUT2D eigenvalue weighted by Crippen LogP contribution is -2.28. The summed E-state index contributed by atoms with van der Waals surface area (Å²) in [5.74, 6) is -0.224. The van der Waals surface area contributed by atoms with Crippen molar-refractivity contribution in [2.24, 2.45) is 0 Å². The summed E-state index contributed by atoms with van der Waals surface area (Å²) < 4.78 is 10.7. The maximum absolute atomic E-state index is 11.7. The molecule has 0 aromatic heterocycles. The summed E-state index contributed by atoms with van der Waals surface area (Å²) in [5, 5.41) is 0. The average molecular weight is 220 g/mol. The van der Waals surface area contributed by atoms with Gasteiger partial charge in [0, 0.05) is 6.61 Å². The zero-order chi connectivity index (χ0) is 11.4. The molecule has 0 N–H and O–H groups in total. The second-order valence-corrected chi connectivity index (χ2v) is 3.99. The van der Waals surface area contributed by atoms with Crippen molar-refractivity contribution in [3.05, 3.63) is 35.9 Å². The van der Waals surface area contributed by atoms with Gasteiger partial charge in [-0.25, -0.2) is 4.79 Å². The SMILES string of the molecule is CCOC1(C(=O)OCc2ccccc2)CC1. The van der Waals surface area contributed by atoms with Crippen LogP contribution in [0, 0.1) is 0 Å². The Labute approximate surface area is 95.4 Å². The van der Waals surface area contributed by atoms with Gasteiger partial charge < -0.3 is 9.47 Å². The van der Waals surface area contributed by atoms with Crippen LogP contribution in [0.2, 0.25) is 0 Å². The van der Waals surface area contributed by atoms with Crippen LogP contribution in [0.4, 0.5) is 0 Å². The molecule has 0 amide bonds. The lowest BCUT2D eigenvalue weighted by atomic mass is 10.2. The Morgan fingerprint density at radius 2 is 2.00 bits per heavy atom. The Morgan fingerprint density at radius 3 is 2.56 bits per heavy atom. The van der Waals surface area contributed by atoms with Crippen LogP contribution in [0.1, 0.15) is 25.3 Å². The molecule has 1 aliphatic carbocycles. The molecule has 86 valence electrons. The topological polar surface area (TPSA) is 35.5 Å². The Bertz CT molecular complexity index is 355. The molecule has 1 aliphatic rings. The van der Waals surface area contributed by atoms with Crippen molar-refractivity contribution < 1.29 is 14.3 Å². The highest BCUT2D eigenvalue weighted by molar-refractivity contribution is 5.82. The first-order valence-electron chi connectivity index (χ1n) is 5.62. The molecule has 1 fully saturated rings. The highest BCUT2D eigenvalue weighted by atomic mass is 16.6. The number of hydrogen-bond acceptors (Lipinski definition) is 3. The van der Waals surface area contributed by atoms with Crippen LogP contribution in [-0.4, -0.2) is 18.2 Å². The summed E-state index contributed by atoms with van der Waals surface area (Å²) >= 11 is 0. The molecule has 1 aromatic carbocycles. The monoisotopic (exact) mass is 220 g/mol. The van der Waals surface area contributed by atoms with Crippen LogP contribution in [0.25, 0.3) is 0 Å². The van der Waals surface area contributed by atoms with Crippen molar-refractivity contribution in [1.82, 2.24) is 0 Å². The molecular formula is C13H16O3. The molecule has 3 nitrogen and oxygen atoms in total. The first-order chi connectivity index (χ1) is 7.77. The molecule has 0 atom stereocenters. The highest BCUT2D eigenvalue weighted by Gasteiger charge is 2.52. The Hall–Kier alpha value is -1.35. The van der Waals surface area contributed by atoms with E-state index in [-0.39, 0.29) is 5.97 Å². The smallest absolute Gasteiger partial charge is 0.338 e. The van der Waals surface area contributed by atoms with E-state index in [1.54, 1.807) is 0 Å². The summed E-state index contributed by atoms with van der Waals surface area (Å²) in [7, 11) is 0. The van der Waals surface area contributed by atoms with E-state index in [1.807, 2.05) is 37.3 Å². The van der Waals surface area contributed by atoms with E-state index < -0.39 is 5.60 Å². The first-order valence-corrected chi connectivity index (χ1v) is 5.62. The van der Waals surface area contributed by atoms with Crippen molar-refractivity contribution in [2.75, 3.05) is 6.61 Å². The fraction of sp³-hybridized carbons (Fsp3) is 0.462. The van der Waals surface area contributed by atoms with Crippen LogP contribution in [-0.2, 0) is 20.9 Å². The number of carbonyl (C=O) groups excluding carboxylic acids is 1. The summed E-state index contributed by atoms with van der Waals surface area (Å²) in [6.45, 7) is 2.78. The third kappa shape index (κ3) is 2.42. The molecule has 0 unspecified atom stereocenters. The van der Waals surface area contributed by atoms with Gasteiger partial charge in [-0.15, -0.1) is 0 Å². The van der Waals surface area contributed by atoms with E-state index in [0.29, 0.717) is 13.2 Å². The minimum Gasteiger partial charge on any atom is -0.459 e. The normalized spacial score (nSPS) is 16.8. The van der Waals surface area contributed by atoms with Crippen LogP contribution in [0.5, 0.6) is 0 Å². The van der Waals surface area contributed by atoms with Gasteiger partial charge in [0.2, 0.25) is 0 Å². The van der Waals surface area contributed by atoms with Crippen molar-refractivity contribution in [2.45, 2.75) is 32.0 Å². The van der Waals surface area contributed by atoms with Crippen molar-refractivity contribution in [3.8, 4) is 0 Å². The van der Waals surface area contributed by atoms with Gasteiger partial charge in [-0.1, -0.05) is 30.3 Å². The molecule has 16 heavy (non-hydrogen) atoms. The third-order valence-corrected chi connectivity index (χ3v) is 2.71. The minimum absolute atomic E-state index is 0.224. The van der Waals surface area contributed by atoms with Gasteiger partial charge in [0.1, 0.15) is 6.61 Å². The third-order valence-electron chi connectivity index (χ3n) is 2.71. The Morgan fingerprint density at radius 1 is 1.31 bits per heavy atom. The van der Waals surface area contributed by atoms with Gasteiger partial charge >= 0.3 is 5.97 Å². The molecule has 0 radical (unpaired) electrons. The van der Waals surface area contributed by atoms with Crippen LogP contribution >= 0.6 is 0 Å². The van der Waals surface area contributed by atoms with Gasteiger partial charge in [-0.2, -0.15) is 0 Å². The number of carbonyl (C=O) groups is 1. The van der Waals surface area contributed by atoms with E-state index in [4.69, 9.17) is 9.47 Å². The fourth-order valence-electron chi connectivity index (χ4n) is 1.65. The predicted molar refractivity (Wildman–Crippen MR) is 59.8 cm³/mol. The number of ether oxygens (including phenoxy) is 2. The minimum atomic E-state index is -0.621. The molecule has 1 saturated carbocycles. The molecule has 0 aliphatic heterocycles. The summed E-state index contributed by atoms with van der Waals surface area (Å²) in [5.41, 5.74) is 0.381. The maximum atomic E-state index is 11.7. The Kier molecular flexibility index (Phi) is 3.25. The highest BCUT2D eigenvalue weighted by Crippen LogP contribution is 2.40. The lowest BCUT2D eigenvalue weighted by molar-refractivity contribution is -0.161. The molecule has 0 saturated heterocycles. The quantitative estimate of drug-likeness (QED) is 0.714. The second-order valence-electron chi connectivity index (χ2n) is 3.99. The van der Waals surface area contributed by atoms with Gasteiger partial charge in [0.15, 0.2) is 5.60 Å². The van der Waals surface area contributed by atoms with Crippen molar-refractivity contribution in [3.63, 3.8) is 0 Å².